The third-order valence-corrected chi connectivity index (χ3v) is 6.07. The maximum atomic E-state index is 13.4. The first-order valence-electron chi connectivity index (χ1n) is 10.5. The van der Waals surface area contributed by atoms with Crippen LogP contribution < -0.4 is 10.2 Å². The monoisotopic (exact) mass is 478 g/mol. The van der Waals surface area contributed by atoms with Crippen LogP contribution in [-0.4, -0.2) is 85.3 Å². The van der Waals surface area contributed by atoms with Gasteiger partial charge in [-0.3, -0.25) is 9.80 Å². The van der Waals surface area contributed by atoms with Crippen LogP contribution in [0, 0.1) is 5.82 Å². The van der Waals surface area contributed by atoms with E-state index < -0.39 is 0 Å². The van der Waals surface area contributed by atoms with Gasteiger partial charge in [0.15, 0.2) is 0 Å². The summed E-state index contributed by atoms with van der Waals surface area (Å²) in [6.45, 7) is 9.68. The number of rotatable bonds is 7. The number of hydrogen-bond donors (Lipinski definition) is 1. The van der Waals surface area contributed by atoms with Crippen molar-refractivity contribution < 1.29 is 9.13 Å². The maximum Gasteiger partial charge on any atom is 0.224 e. The number of halogens is 2. The molecule has 2 saturated heterocycles. The van der Waals surface area contributed by atoms with Gasteiger partial charge in [-0.25, -0.2) is 9.37 Å². The van der Waals surface area contributed by atoms with Gasteiger partial charge in [0.05, 0.1) is 17.7 Å². The lowest BCUT2D eigenvalue weighted by Gasteiger charge is -2.35. The molecule has 0 bridgehead atoms. The molecular weight excluding hydrogens is 451 g/mol. The molecule has 0 amide bonds. The molecular formula is C21H28BrFN6O. The highest BCUT2D eigenvalue weighted by Crippen LogP contribution is 2.25. The molecule has 30 heavy (non-hydrogen) atoms. The topological polar surface area (TPSA) is 56.8 Å². The van der Waals surface area contributed by atoms with Gasteiger partial charge in [0.25, 0.3) is 0 Å². The Morgan fingerprint density at radius 1 is 1.07 bits per heavy atom. The fourth-order valence-corrected chi connectivity index (χ4v) is 4.27. The van der Waals surface area contributed by atoms with Crippen molar-refractivity contribution in [2.75, 3.05) is 75.8 Å². The van der Waals surface area contributed by atoms with Gasteiger partial charge in [0, 0.05) is 65.1 Å². The van der Waals surface area contributed by atoms with Gasteiger partial charge in [-0.1, -0.05) is 12.1 Å². The van der Waals surface area contributed by atoms with Crippen molar-refractivity contribution in [3.8, 4) is 0 Å². The van der Waals surface area contributed by atoms with Crippen LogP contribution in [0.2, 0.25) is 0 Å². The van der Waals surface area contributed by atoms with Gasteiger partial charge in [-0.05, 0) is 33.6 Å². The van der Waals surface area contributed by atoms with Gasteiger partial charge < -0.3 is 15.0 Å². The summed E-state index contributed by atoms with van der Waals surface area (Å²) in [5.41, 5.74) is 1.01. The molecule has 2 aromatic rings. The maximum absolute atomic E-state index is 13.4. The average molecular weight is 479 g/mol. The molecule has 3 heterocycles. The van der Waals surface area contributed by atoms with E-state index in [2.05, 4.69) is 40.9 Å². The van der Waals surface area contributed by atoms with Crippen LogP contribution in [-0.2, 0) is 11.3 Å². The standard InChI is InChI=1S/C21H28BrFN6O/c22-19-15-25-21(24-4-5-27-10-12-30-13-11-27)26-20(19)29-8-6-28(7-9-29)16-17-2-1-3-18(23)14-17/h1-3,14-15H,4-13,16H2,(H,24,25,26). The zero-order valence-corrected chi connectivity index (χ0v) is 18.7. The second kappa shape index (κ2) is 10.5. The molecule has 1 aromatic carbocycles. The fraction of sp³-hybridized carbons (Fsp3) is 0.524. The summed E-state index contributed by atoms with van der Waals surface area (Å²) < 4.78 is 19.7. The molecule has 0 unspecified atom stereocenters. The molecule has 1 N–H and O–H groups in total. The van der Waals surface area contributed by atoms with Crippen molar-refractivity contribution in [3.05, 3.63) is 46.3 Å². The number of aromatic nitrogens is 2. The summed E-state index contributed by atoms with van der Waals surface area (Å²) in [5.74, 6) is 1.40. The number of nitrogens with zero attached hydrogens (tertiary/aromatic N) is 5. The molecule has 2 aliphatic heterocycles. The van der Waals surface area contributed by atoms with Crippen LogP contribution >= 0.6 is 15.9 Å². The van der Waals surface area contributed by atoms with Crippen LogP contribution in [0.25, 0.3) is 0 Å². The number of ether oxygens (including phenoxy) is 1. The summed E-state index contributed by atoms with van der Waals surface area (Å²) >= 11 is 3.60. The number of morpholine rings is 1. The van der Waals surface area contributed by atoms with Gasteiger partial charge in [-0.2, -0.15) is 4.98 Å². The number of nitrogens with one attached hydrogen (secondary N) is 1. The zero-order chi connectivity index (χ0) is 20.8. The number of anilines is 2. The molecule has 7 nitrogen and oxygen atoms in total. The first kappa shape index (κ1) is 21.4. The van der Waals surface area contributed by atoms with E-state index >= 15 is 0 Å². The van der Waals surface area contributed by atoms with Crippen LogP contribution in [0.5, 0.6) is 0 Å². The lowest BCUT2D eigenvalue weighted by Crippen LogP contribution is -2.46. The van der Waals surface area contributed by atoms with Crippen molar-refractivity contribution in [1.29, 1.82) is 0 Å². The molecule has 0 atom stereocenters. The molecule has 0 spiro atoms. The Balaban J connectivity index is 1.29. The molecule has 2 aliphatic rings. The molecule has 0 aliphatic carbocycles. The number of benzene rings is 1. The molecule has 9 heteroatoms. The van der Waals surface area contributed by atoms with Crippen molar-refractivity contribution in [2.24, 2.45) is 0 Å². The van der Waals surface area contributed by atoms with Gasteiger partial charge in [0.1, 0.15) is 11.6 Å². The third-order valence-electron chi connectivity index (χ3n) is 5.51. The van der Waals surface area contributed by atoms with E-state index in [1.807, 2.05) is 12.3 Å². The van der Waals surface area contributed by atoms with E-state index in [1.54, 1.807) is 12.1 Å². The summed E-state index contributed by atoms with van der Waals surface area (Å²) in [4.78, 5) is 16.2. The van der Waals surface area contributed by atoms with Crippen LogP contribution in [0.1, 0.15) is 5.56 Å². The second-order valence-electron chi connectivity index (χ2n) is 7.64. The highest BCUT2D eigenvalue weighted by molar-refractivity contribution is 9.10. The summed E-state index contributed by atoms with van der Waals surface area (Å²) in [6, 6.07) is 6.85. The lowest BCUT2D eigenvalue weighted by molar-refractivity contribution is 0.0398. The average Bonchev–Trinajstić information content (AvgIpc) is 2.76. The number of hydrogen-bond acceptors (Lipinski definition) is 7. The Morgan fingerprint density at radius 3 is 2.63 bits per heavy atom. The van der Waals surface area contributed by atoms with E-state index in [9.17, 15) is 4.39 Å². The minimum Gasteiger partial charge on any atom is -0.379 e. The van der Waals surface area contributed by atoms with E-state index in [0.717, 1.165) is 88.0 Å². The van der Waals surface area contributed by atoms with Crippen LogP contribution in [0.4, 0.5) is 16.2 Å². The quantitative estimate of drug-likeness (QED) is 0.655. The van der Waals surface area contributed by atoms with Gasteiger partial charge in [-0.15, -0.1) is 0 Å². The minimum atomic E-state index is -0.176. The Kier molecular flexibility index (Phi) is 7.48. The number of piperazine rings is 1. The molecule has 0 radical (unpaired) electrons. The second-order valence-corrected chi connectivity index (χ2v) is 8.49. The Hall–Kier alpha value is -1.81. The molecule has 0 saturated carbocycles. The van der Waals surface area contributed by atoms with Crippen molar-refractivity contribution >= 4 is 27.7 Å². The predicted octanol–water partition coefficient (Wildman–Crippen LogP) is 2.44. The van der Waals surface area contributed by atoms with Crippen LogP contribution in [0.3, 0.4) is 0 Å². The van der Waals surface area contributed by atoms with Crippen molar-refractivity contribution in [2.45, 2.75) is 6.54 Å². The smallest absolute Gasteiger partial charge is 0.224 e. The summed E-state index contributed by atoms with van der Waals surface area (Å²) in [6.07, 6.45) is 1.82. The van der Waals surface area contributed by atoms with E-state index in [-0.39, 0.29) is 5.82 Å². The summed E-state index contributed by atoms with van der Waals surface area (Å²) in [5, 5.41) is 3.35. The van der Waals surface area contributed by atoms with E-state index in [0.29, 0.717) is 5.95 Å². The largest absolute Gasteiger partial charge is 0.379 e. The Labute approximate surface area is 185 Å². The van der Waals surface area contributed by atoms with Crippen LogP contribution in [0.15, 0.2) is 34.9 Å². The minimum absolute atomic E-state index is 0.176. The first-order valence-corrected chi connectivity index (χ1v) is 11.2. The molecule has 4 rings (SSSR count). The van der Waals surface area contributed by atoms with Gasteiger partial charge >= 0.3 is 0 Å². The zero-order valence-electron chi connectivity index (χ0n) is 17.1. The first-order chi connectivity index (χ1) is 14.7. The van der Waals surface area contributed by atoms with Crippen molar-refractivity contribution in [1.82, 2.24) is 19.8 Å². The SMILES string of the molecule is Fc1cccc(CN2CCN(c3nc(NCCN4CCOCC4)ncc3Br)CC2)c1. The molecule has 162 valence electrons. The summed E-state index contributed by atoms with van der Waals surface area (Å²) in [7, 11) is 0. The van der Waals surface area contributed by atoms with Crippen molar-refractivity contribution in [3.63, 3.8) is 0 Å². The third kappa shape index (κ3) is 5.87. The Morgan fingerprint density at radius 2 is 1.87 bits per heavy atom. The Bertz CT molecular complexity index is 827. The normalized spacial score (nSPS) is 18.5. The fourth-order valence-electron chi connectivity index (χ4n) is 3.83. The predicted molar refractivity (Wildman–Crippen MR) is 119 cm³/mol. The highest BCUT2D eigenvalue weighted by atomic mass is 79.9. The lowest BCUT2D eigenvalue weighted by atomic mass is 10.2. The van der Waals surface area contributed by atoms with E-state index in [4.69, 9.17) is 9.72 Å². The molecule has 1 aromatic heterocycles. The van der Waals surface area contributed by atoms with E-state index in [1.165, 1.54) is 6.07 Å². The highest BCUT2D eigenvalue weighted by Gasteiger charge is 2.21. The van der Waals surface area contributed by atoms with Gasteiger partial charge in [0.2, 0.25) is 5.95 Å². The molecule has 2 fully saturated rings.